The van der Waals surface area contributed by atoms with Crippen LogP contribution in [0.4, 0.5) is 5.69 Å². The molecule has 0 spiro atoms. The molecule has 1 amide bonds. The molecule has 0 aliphatic carbocycles. The maximum atomic E-state index is 12.6. The van der Waals surface area contributed by atoms with E-state index in [4.69, 9.17) is 9.47 Å². The summed E-state index contributed by atoms with van der Waals surface area (Å²) in [4.78, 5) is 12.3. The second-order valence-electron chi connectivity index (χ2n) is 6.15. The predicted molar refractivity (Wildman–Crippen MR) is 104 cm³/mol. The molecule has 0 aliphatic heterocycles. The van der Waals surface area contributed by atoms with Gasteiger partial charge in [-0.25, -0.2) is 8.42 Å². The van der Waals surface area contributed by atoms with Gasteiger partial charge in [0.1, 0.15) is 0 Å². The zero-order valence-electron chi connectivity index (χ0n) is 16.0. The number of carbonyl (C=O) groups is 1. The van der Waals surface area contributed by atoms with Crippen LogP contribution in [0.25, 0.3) is 0 Å². The summed E-state index contributed by atoms with van der Waals surface area (Å²) in [5.74, 6) is 0.242. The van der Waals surface area contributed by atoms with Crippen molar-refractivity contribution in [1.82, 2.24) is 4.72 Å². The average molecular weight is 392 g/mol. The van der Waals surface area contributed by atoms with Gasteiger partial charge in [-0.1, -0.05) is 6.07 Å². The molecule has 8 heteroatoms. The zero-order valence-corrected chi connectivity index (χ0v) is 16.8. The SMILES string of the molecule is COc1ccc(S(=O)(=O)NC(C)C(=O)Nc2ccc(C)c(C)c2)cc1OC. The molecule has 2 aromatic carbocycles. The Morgan fingerprint density at radius 2 is 1.63 bits per heavy atom. The third-order valence-electron chi connectivity index (χ3n) is 4.16. The number of hydrogen-bond donors (Lipinski definition) is 2. The number of methoxy groups -OCH3 is 2. The quantitative estimate of drug-likeness (QED) is 0.755. The first-order valence-corrected chi connectivity index (χ1v) is 9.78. The smallest absolute Gasteiger partial charge is 0.242 e. The lowest BCUT2D eigenvalue weighted by molar-refractivity contribution is -0.117. The van der Waals surface area contributed by atoms with Crippen molar-refractivity contribution >= 4 is 21.6 Å². The summed E-state index contributed by atoms with van der Waals surface area (Å²) >= 11 is 0. The molecule has 1 atom stereocenters. The predicted octanol–water partition coefficient (Wildman–Crippen LogP) is 2.63. The molecular weight excluding hydrogens is 368 g/mol. The van der Waals surface area contributed by atoms with E-state index in [2.05, 4.69) is 10.0 Å². The lowest BCUT2D eigenvalue weighted by Crippen LogP contribution is -2.41. The average Bonchev–Trinajstić information content (AvgIpc) is 2.63. The highest BCUT2D eigenvalue weighted by Crippen LogP contribution is 2.29. The highest BCUT2D eigenvalue weighted by molar-refractivity contribution is 7.89. The molecule has 0 saturated carbocycles. The maximum Gasteiger partial charge on any atom is 0.242 e. The standard InChI is InChI=1S/C19H24N2O5S/c1-12-6-7-15(10-13(12)2)20-19(22)14(3)21-27(23,24)16-8-9-17(25-4)18(11-16)26-5/h6-11,14,21H,1-5H3,(H,20,22). The van der Waals surface area contributed by atoms with E-state index < -0.39 is 22.0 Å². The summed E-state index contributed by atoms with van der Waals surface area (Å²) in [6, 6.07) is 8.76. The second kappa shape index (κ2) is 8.41. The molecule has 2 rings (SSSR count). The van der Waals surface area contributed by atoms with Crippen LogP contribution in [-0.2, 0) is 14.8 Å². The number of ether oxygens (including phenoxy) is 2. The fourth-order valence-corrected chi connectivity index (χ4v) is 3.63. The molecule has 0 saturated heterocycles. The lowest BCUT2D eigenvalue weighted by atomic mass is 10.1. The van der Waals surface area contributed by atoms with Crippen LogP contribution in [0.1, 0.15) is 18.1 Å². The molecule has 0 radical (unpaired) electrons. The van der Waals surface area contributed by atoms with E-state index in [1.165, 1.54) is 39.3 Å². The molecule has 0 heterocycles. The number of hydrogen-bond acceptors (Lipinski definition) is 5. The van der Waals surface area contributed by atoms with Gasteiger partial charge in [0.15, 0.2) is 11.5 Å². The van der Waals surface area contributed by atoms with Gasteiger partial charge in [0.25, 0.3) is 0 Å². The third-order valence-corrected chi connectivity index (χ3v) is 5.70. The van der Waals surface area contributed by atoms with Gasteiger partial charge in [0.05, 0.1) is 25.2 Å². The van der Waals surface area contributed by atoms with Crippen molar-refractivity contribution in [3.05, 3.63) is 47.5 Å². The van der Waals surface area contributed by atoms with E-state index in [0.717, 1.165) is 11.1 Å². The number of sulfonamides is 1. The minimum Gasteiger partial charge on any atom is -0.493 e. The van der Waals surface area contributed by atoms with Crippen molar-refractivity contribution in [3.8, 4) is 11.5 Å². The molecule has 27 heavy (non-hydrogen) atoms. The fraction of sp³-hybridized carbons (Fsp3) is 0.316. The maximum absolute atomic E-state index is 12.6. The van der Waals surface area contributed by atoms with E-state index in [1.807, 2.05) is 26.0 Å². The first kappa shape index (κ1) is 20.7. The summed E-state index contributed by atoms with van der Waals surface area (Å²) in [6.07, 6.45) is 0. The highest BCUT2D eigenvalue weighted by Gasteiger charge is 2.23. The molecule has 0 bridgehead atoms. The van der Waals surface area contributed by atoms with Crippen molar-refractivity contribution in [1.29, 1.82) is 0 Å². The van der Waals surface area contributed by atoms with E-state index >= 15 is 0 Å². The van der Waals surface area contributed by atoms with Crippen LogP contribution in [0, 0.1) is 13.8 Å². The number of carbonyl (C=O) groups excluding carboxylic acids is 1. The Bertz CT molecular complexity index is 941. The van der Waals surface area contributed by atoms with Crippen LogP contribution >= 0.6 is 0 Å². The van der Waals surface area contributed by atoms with Crippen LogP contribution in [-0.4, -0.2) is 34.6 Å². The van der Waals surface area contributed by atoms with Crippen LogP contribution in [0.15, 0.2) is 41.3 Å². The minimum absolute atomic E-state index is 0.0222. The summed E-state index contributed by atoms with van der Waals surface area (Å²) in [5, 5.41) is 2.71. The molecule has 0 fully saturated rings. The van der Waals surface area contributed by atoms with Crippen LogP contribution in [0.3, 0.4) is 0 Å². The molecular formula is C19H24N2O5S. The normalized spacial score (nSPS) is 12.3. The molecule has 2 N–H and O–H groups in total. The Kier molecular flexibility index (Phi) is 6.45. The van der Waals surface area contributed by atoms with Crippen molar-refractivity contribution < 1.29 is 22.7 Å². The van der Waals surface area contributed by atoms with Gasteiger partial charge < -0.3 is 14.8 Å². The van der Waals surface area contributed by atoms with Gasteiger partial charge in [-0.2, -0.15) is 4.72 Å². The van der Waals surface area contributed by atoms with Gasteiger partial charge in [0, 0.05) is 11.8 Å². The van der Waals surface area contributed by atoms with Crippen molar-refractivity contribution in [2.24, 2.45) is 0 Å². The first-order chi connectivity index (χ1) is 12.7. The van der Waals surface area contributed by atoms with E-state index in [0.29, 0.717) is 11.4 Å². The van der Waals surface area contributed by atoms with Gasteiger partial charge in [0.2, 0.25) is 15.9 Å². The summed E-state index contributed by atoms with van der Waals surface area (Å²) < 4.78 is 37.8. The van der Waals surface area contributed by atoms with Gasteiger partial charge in [-0.05, 0) is 56.2 Å². The number of amides is 1. The van der Waals surface area contributed by atoms with E-state index in [1.54, 1.807) is 6.07 Å². The molecule has 146 valence electrons. The van der Waals surface area contributed by atoms with Crippen molar-refractivity contribution in [2.75, 3.05) is 19.5 Å². The lowest BCUT2D eigenvalue weighted by Gasteiger charge is -2.16. The summed E-state index contributed by atoms with van der Waals surface area (Å²) in [7, 11) is -1.04. The third kappa shape index (κ3) is 4.99. The summed E-state index contributed by atoms with van der Waals surface area (Å²) in [6.45, 7) is 5.39. The van der Waals surface area contributed by atoms with Gasteiger partial charge in [-0.15, -0.1) is 0 Å². The number of aryl methyl sites for hydroxylation is 2. The van der Waals surface area contributed by atoms with Crippen LogP contribution < -0.4 is 19.5 Å². The Hall–Kier alpha value is -2.58. The number of rotatable bonds is 7. The Labute approximate surface area is 159 Å². The Morgan fingerprint density at radius 3 is 2.22 bits per heavy atom. The number of anilines is 1. The molecule has 7 nitrogen and oxygen atoms in total. The topological polar surface area (TPSA) is 93.7 Å². The van der Waals surface area contributed by atoms with Crippen LogP contribution in [0.5, 0.6) is 11.5 Å². The Balaban J connectivity index is 2.14. The van der Waals surface area contributed by atoms with E-state index in [9.17, 15) is 13.2 Å². The minimum atomic E-state index is -3.92. The second-order valence-corrected chi connectivity index (χ2v) is 7.86. The Morgan fingerprint density at radius 1 is 0.963 bits per heavy atom. The van der Waals surface area contributed by atoms with Crippen molar-refractivity contribution in [2.45, 2.75) is 31.7 Å². The van der Waals surface area contributed by atoms with Gasteiger partial charge >= 0.3 is 0 Å². The van der Waals surface area contributed by atoms with E-state index in [-0.39, 0.29) is 10.6 Å². The monoisotopic (exact) mass is 392 g/mol. The van der Waals surface area contributed by atoms with Gasteiger partial charge in [-0.3, -0.25) is 4.79 Å². The highest BCUT2D eigenvalue weighted by atomic mass is 32.2. The zero-order chi connectivity index (χ0) is 20.2. The molecule has 0 aliphatic rings. The fourth-order valence-electron chi connectivity index (χ4n) is 2.41. The van der Waals surface area contributed by atoms with Crippen molar-refractivity contribution in [3.63, 3.8) is 0 Å². The largest absolute Gasteiger partial charge is 0.493 e. The molecule has 2 aromatic rings. The number of benzene rings is 2. The number of nitrogens with one attached hydrogen (secondary N) is 2. The van der Waals surface area contributed by atoms with Crippen LogP contribution in [0.2, 0.25) is 0 Å². The molecule has 1 unspecified atom stereocenters. The first-order valence-electron chi connectivity index (χ1n) is 8.30. The molecule has 0 aromatic heterocycles. The summed E-state index contributed by atoms with van der Waals surface area (Å²) in [5.41, 5.74) is 2.75.